The molecule has 31 heavy (non-hydrogen) atoms. The number of guanidine groups is 1. The molecule has 0 bridgehead atoms. The van der Waals surface area contributed by atoms with Gasteiger partial charge in [0.1, 0.15) is 0 Å². The van der Waals surface area contributed by atoms with Crippen LogP contribution in [0.1, 0.15) is 17.5 Å². The average molecular weight is 538 g/mol. The third-order valence-corrected chi connectivity index (χ3v) is 5.62. The van der Waals surface area contributed by atoms with E-state index in [-0.39, 0.29) is 24.0 Å². The van der Waals surface area contributed by atoms with Gasteiger partial charge in [0, 0.05) is 33.2 Å². The SMILES string of the molecule is CN=C(NCc1ccc(OC)c(OC)c1)NCC1CCN(CCc2ccccc2)C1.I. The summed E-state index contributed by atoms with van der Waals surface area (Å²) in [6, 6.07) is 16.7. The fourth-order valence-corrected chi connectivity index (χ4v) is 3.85. The van der Waals surface area contributed by atoms with Gasteiger partial charge in [-0.2, -0.15) is 0 Å². The summed E-state index contributed by atoms with van der Waals surface area (Å²) in [5.74, 6) is 2.95. The van der Waals surface area contributed by atoms with Crippen molar-refractivity contribution in [2.75, 3.05) is 47.4 Å². The van der Waals surface area contributed by atoms with Crippen molar-refractivity contribution in [1.29, 1.82) is 0 Å². The van der Waals surface area contributed by atoms with Gasteiger partial charge in [-0.25, -0.2) is 0 Å². The van der Waals surface area contributed by atoms with Crippen molar-refractivity contribution in [3.8, 4) is 11.5 Å². The van der Waals surface area contributed by atoms with Crippen LogP contribution >= 0.6 is 24.0 Å². The number of nitrogens with zero attached hydrogens (tertiary/aromatic N) is 2. The molecule has 0 aliphatic carbocycles. The van der Waals surface area contributed by atoms with Crippen LogP contribution in [0.4, 0.5) is 0 Å². The molecule has 3 rings (SSSR count). The van der Waals surface area contributed by atoms with E-state index in [0.717, 1.165) is 49.1 Å². The highest BCUT2D eigenvalue weighted by atomic mass is 127. The number of aliphatic imine (C=N–C) groups is 1. The first-order valence-corrected chi connectivity index (χ1v) is 10.6. The number of rotatable bonds is 9. The summed E-state index contributed by atoms with van der Waals surface area (Å²) in [6.45, 7) is 5.07. The Morgan fingerprint density at radius 2 is 1.81 bits per heavy atom. The molecule has 0 saturated carbocycles. The standard InChI is InChI=1S/C24H34N4O2.HI/c1-25-24(26-16-20-9-10-22(29-2)23(15-20)30-3)27-17-21-12-14-28(18-21)13-11-19-7-5-4-6-8-19;/h4-10,15,21H,11-14,16-18H2,1-3H3,(H2,25,26,27);1H. The Morgan fingerprint density at radius 3 is 2.52 bits per heavy atom. The first kappa shape index (κ1) is 25.3. The predicted molar refractivity (Wildman–Crippen MR) is 138 cm³/mol. The van der Waals surface area contributed by atoms with Crippen LogP contribution in [0.3, 0.4) is 0 Å². The lowest BCUT2D eigenvalue weighted by molar-refractivity contribution is 0.328. The van der Waals surface area contributed by atoms with Crippen LogP contribution in [0.5, 0.6) is 11.5 Å². The second-order valence-electron chi connectivity index (χ2n) is 7.69. The molecular formula is C24H35IN4O2. The molecule has 1 fully saturated rings. The van der Waals surface area contributed by atoms with Crippen LogP contribution in [0, 0.1) is 5.92 Å². The summed E-state index contributed by atoms with van der Waals surface area (Å²) in [5.41, 5.74) is 2.53. The van der Waals surface area contributed by atoms with Gasteiger partial charge >= 0.3 is 0 Å². The van der Waals surface area contributed by atoms with Crippen molar-refractivity contribution in [2.45, 2.75) is 19.4 Å². The minimum absolute atomic E-state index is 0. The Balaban J connectivity index is 0.00000341. The van der Waals surface area contributed by atoms with E-state index in [0.29, 0.717) is 12.5 Å². The smallest absolute Gasteiger partial charge is 0.191 e. The van der Waals surface area contributed by atoms with E-state index >= 15 is 0 Å². The van der Waals surface area contributed by atoms with E-state index in [4.69, 9.17) is 9.47 Å². The molecule has 1 unspecified atom stereocenters. The van der Waals surface area contributed by atoms with Crippen LogP contribution in [-0.2, 0) is 13.0 Å². The van der Waals surface area contributed by atoms with Gasteiger partial charge in [-0.1, -0.05) is 36.4 Å². The highest BCUT2D eigenvalue weighted by Gasteiger charge is 2.22. The molecule has 2 N–H and O–H groups in total. The van der Waals surface area contributed by atoms with E-state index in [1.165, 1.54) is 18.5 Å². The molecule has 2 aromatic rings. The summed E-state index contributed by atoms with van der Waals surface area (Å²) < 4.78 is 10.7. The van der Waals surface area contributed by atoms with Gasteiger partial charge in [0.05, 0.1) is 14.2 Å². The zero-order valence-corrected chi connectivity index (χ0v) is 21.1. The van der Waals surface area contributed by atoms with Crippen LogP contribution in [-0.4, -0.2) is 58.3 Å². The molecule has 0 aromatic heterocycles. The number of nitrogens with one attached hydrogen (secondary N) is 2. The largest absolute Gasteiger partial charge is 0.493 e. The lowest BCUT2D eigenvalue weighted by Gasteiger charge is -2.18. The van der Waals surface area contributed by atoms with Crippen molar-refractivity contribution in [2.24, 2.45) is 10.9 Å². The number of hydrogen-bond acceptors (Lipinski definition) is 4. The lowest BCUT2D eigenvalue weighted by atomic mass is 10.1. The lowest BCUT2D eigenvalue weighted by Crippen LogP contribution is -2.40. The van der Waals surface area contributed by atoms with Gasteiger partial charge in [-0.3, -0.25) is 4.99 Å². The minimum Gasteiger partial charge on any atom is -0.493 e. The summed E-state index contributed by atoms with van der Waals surface area (Å²) in [7, 11) is 5.11. The summed E-state index contributed by atoms with van der Waals surface area (Å²) in [4.78, 5) is 6.93. The molecule has 170 valence electrons. The molecule has 0 spiro atoms. The second-order valence-corrected chi connectivity index (χ2v) is 7.69. The van der Waals surface area contributed by atoms with Gasteiger partial charge in [-0.15, -0.1) is 24.0 Å². The minimum atomic E-state index is 0. The quantitative estimate of drug-likeness (QED) is 0.291. The molecule has 0 amide bonds. The van der Waals surface area contributed by atoms with E-state index in [9.17, 15) is 0 Å². The van der Waals surface area contributed by atoms with Crippen molar-refractivity contribution >= 4 is 29.9 Å². The normalized spacial score (nSPS) is 16.5. The van der Waals surface area contributed by atoms with Gasteiger partial charge in [0.2, 0.25) is 0 Å². The zero-order valence-electron chi connectivity index (χ0n) is 18.8. The Hall–Kier alpha value is -2.00. The van der Waals surface area contributed by atoms with Crippen LogP contribution in [0.2, 0.25) is 0 Å². The first-order valence-electron chi connectivity index (χ1n) is 10.6. The molecule has 1 heterocycles. The van der Waals surface area contributed by atoms with Crippen molar-refractivity contribution in [1.82, 2.24) is 15.5 Å². The maximum atomic E-state index is 5.38. The highest BCUT2D eigenvalue weighted by molar-refractivity contribution is 14.0. The molecule has 1 aliphatic rings. The fourth-order valence-electron chi connectivity index (χ4n) is 3.85. The number of halogens is 1. The molecular weight excluding hydrogens is 503 g/mol. The number of hydrogen-bond donors (Lipinski definition) is 2. The molecule has 2 aromatic carbocycles. The molecule has 1 atom stereocenters. The molecule has 0 radical (unpaired) electrons. The van der Waals surface area contributed by atoms with E-state index in [2.05, 4.69) is 50.9 Å². The van der Waals surface area contributed by atoms with Crippen LogP contribution in [0.25, 0.3) is 0 Å². The average Bonchev–Trinajstić information content (AvgIpc) is 3.26. The van der Waals surface area contributed by atoms with Gasteiger partial charge in [-0.05, 0) is 48.6 Å². The summed E-state index contributed by atoms with van der Waals surface area (Å²) in [6.07, 6.45) is 2.35. The zero-order chi connectivity index (χ0) is 21.2. The monoisotopic (exact) mass is 538 g/mol. The highest BCUT2D eigenvalue weighted by Crippen LogP contribution is 2.27. The second kappa shape index (κ2) is 13.4. The van der Waals surface area contributed by atoms with E-state index in [1.54, 1.807) is 14.2 Å². The number of methoxy groups -OCH3 is 2. The van der Waals surface area contributed by atoms with Crippen molar-refractivity contribution in [3.63, 3.8) is 0 Å². The maximum absolute atomic E-state index is 5.38. The fraction of sp³-hybridized carbons (Fsp3) is 0.458. The van der Waals surface area contributed by atoms with Crippen molar-refractivity contribution in [3.05, 3.63) is 59.7 Å². The Labute approximate surface area is 203 Å². The summed E-state index contributed by atoms with van der Waals surface area (Å²) >= 11 is 0. The maximum Gasteiger partial charge on any atom is 0.191 e. The summed E-state index contributed by atoms with van der Waals surface area (Å²) in [5, 5.41) is 6.87. The molecule has 1 saturated heterocycles. The number of likely N-dealkylation sites (tertiary alicyclic amines) is 1. The van der Waals surface area contributed by atoms with Gasteiger partial charge in [0.25, 0.3) is 0 Å². The van der Waals surface area contributed by atoms with Crippen molar-refractivity contribution < 1.29 is 9.47 Å². The molecule has 1 aliphatic heterocycles. The Morgan fingerprint density at radius 1 is 1.03 bits per heavy atom. The van der Waals surface area contributed by atoms with E-state index in [1.807, 2.05) is 25.2 Å². The third kappa shape index (κ3) is 7.88. The topological polar surface area (TPSA) is 58.1 Å². The number of ether oxygens (including phenoxy) is 2. The van der Waals surface area contributed by atoms with Crippen LogP contribution in [0.15, 0.2) is 53.5 Å². The van der Waals surface area contributed by atoms with Crippen LogP contribution < -0.4 is 20.1 Å². The Bertz CT molecular complexity index is 816. The van der Waals surface area contributed by atoms with Gasteiger partial charge < -0.3 is 25.0 Å². The predicted octanol–water partition coefficient (Wildman–Crippen LogP) is 3.55. The molecule has 6 nitrogen and oxygen atoms in total. The number of benzene rings is 2. The third-order valence-electron chi connectivity index (χ3n) is 5.62. The van der Waals surface area contributed by atoms with E-state index < -0.39 is 0 Å². The first-order chi connectivity index (χ1) is 14.7. The Kier molecular flexibility index (Phi) is 10.9. The van der Waals surface area contributed by atoms with Gasteiger partial charge in [0.15, 0.2) is 17.5 Å². The molecule has 7 heteroatoms.